The normalized spacial score (nSPS) is 20.8. The highest BCUT2D eigenvalue weighted by atomic mass is 16.2. The fourth-order valence-corrected chi connectivity index (χ4v) is 2.25. The van der Waals surface area contributed by atoms with Crippen molar-refractivity contribution in [2.24, 2.45) is 11.7 Å². The summed E-state index contributed by atoms with van der Waals surface area (Å²) < 4.78 is 0. The lowest BCUT2D eigenvalue weighted by Gasteiger charge is -2.28. The fraction of sp³-hybridized carbons (Fsp3) is 0.286. The lowest BCUT2D eigenvalue weighted by atomic mass is 9.94. The Hall–Kier alpha value is -2.90. The van der Waals surface area contributed by atoms with Crippen LogP contribution in [0.3, 0.4) is 0 Å². The molecule has 116 valence electrons. The molecule has 5 N–H and O–H groups in total. The molecule has 1 saturated heterocycles. The standard InChI is InChI=1S/C14H16N4O4/c1-7-9(13(21)18-14(22)16-7)6-11(19)17-10-5-3-2-4-8(10)12(15)20/h2-5,7,9H,6H2,1H3,(H2,15,20)(H,17,19)(H2,16,18,21,22). The number of hydrogen-bond donors (Lipinski definition) is 4. The maximum atomic E-state index is 12.1. The Kier molecular flexibility index (Phi) is 4.40. The van der Waals surface area contributed by atoms with E-state index in [9.17, 15) is 19.2 Å². The van der Waals surface area contributed by atoms with Gasteiger partial charge in [0.15, 0.2) is 0 Å². The number of carbonyl (C=O) groups excluding carboxylic acids is 4. The predicted octanol–water partition coefficient (Wildman–Crippen LogP) is -0.0418. The third kappa shape index (κ3) is 3.40. The number of anilines is 1. The van der Waals surface area contributed by atoms with Crippen molar-refractivity contribution in [2.75, 3.05) is 5.32 Å². The molecule has 2 atom stereocenters. The van der Waals surface area contributed by atoms with E-state index in [0.29, 0.717) is 0 Å². The van der Waals surface area contributed by atoms with E-state index in [1.807, 2.05) is 0 Å². The number of nitrogens with one attached hydrogen (secondary N) is 3. The van der Waals surface area contributed by atoms with E-state index in [4.69, 9.17) is 5.73 Å². The monoisotopic (exact) mass is 304 g/mol. The van der Waals surface area contributed by atoms with Crippen molar-refractivity contribution in [2.45, 2.75) is 19.4 Å². The summed E-state index contributed by atoms with van der Waals surface area (Å²) in [5.41, 5.74) is 5.70. The van der Waals surface area contributed by atoms with Crippen molar-refractivity contribution in [1.29, 1.82) is 0 Å². The smallest absolute Gasteiger partial charge is 0.321 e. The molecule has 1 heterocycles. The van der Waals surface area contributed by atoms with Gasteiger partial charge in [-0.15, -0.1) is 0 Å². The molecule has 0 bridgehead atoms. The van der Waals surface area contributed by atoms with Crippen LogP contribution in [0, 0.1) is 5.92 Å². The van der Waals surface area contributed by atoms with Crippen molar-refractivity contribution in [3.05, 3.63) is 29.8 Å². The average Bonchev–Trinajstić information content (AvgIpc) is 2.43. The number of rotatable bonds is 4. The molecular formula is C14H16N4O4. The number of benzene rings is 1. The van der Waals surface area contributed by atoms with Crippen LogP contribution in [0.1, 0.15) is 23.7 Å². The lowest BCUT2D eigenvalue weighted by Crippen LogP contribution is -2.57. The Balaban J connectivity index is 2.06. The highest BCUT2D eigenvalue weighted by Crippen LogP contribution is 2.17. The summed E-state index contributed by atoms with van der Waals surface area (Å²) in [5, 5.41) is 7.21. The van der Waals surface area contributed by atoms with Crippen molar-refractivity contribution >= 4 is 29.4 Å². The summed E-state index contributed by atoms with van der Waals surface area (Å²) in [6.07, 6.45) is -0.125. The van der Waals surface area contributed by atoms with Crippen LogP contribution in [0.25, 0.3) is 0 Å². The van der Waals surface area contributed by atoms with Crippen molar-refractivity contribution in [1.82, 2.24) is 10.6 Å². The van der Waals surface area contributed by atoms with Gasteiger partial charge in [-0.1, -0.05) is 12.1 Å². The maximum absolute atomic E-state index is 12.1. The van der Waals surface area contributed by atoms with Gasteiger partial charge < -0.3 is 16.4 Å². The van der Waals surface area contributed by atoms with Gasteiger partial charge in [0.25, 0.3) is 5.91 Å². The number of urea groups is 1. The largest absolute Gasteiger partial charge is 0.366 e. The van der Waals surface area contributed by atoms with Crippen molar-refractivity contribution < 1.29 is 19.2 Å². The number of amides is 5. The highest BCUT2D eigenvalue weighted by molar-refractivity contribution is 6.05. The second-order valence-electron chi connectivity index (χ2n) is 5.02. The predicted molar refractivity (Wildman–Crippen MR) is 77.8 cm³/mol. The van der Waals surface area contributed by atoms with E-state index in [2.05, 4.69) is 16.0 Å². The number of hydrogen-bond acceptors (Lipinski definition) is 4. The summed E-state index contributed by atoms with van der Waals surface area (Å²) in [6, 6.07) is 5.28. The molecule has 1 aromatic rings. The number of nitrogens with two attached hydrogens (primary N) is 1. The Bertz CT molecular complexity index is 643. The molecule has 0 saturated carbocycles. The summed E-state index contributed by atoms with van der Waals surface area (Å²) in [4.78, 5) is 46.2. The van der Waals surface area contributed by atoms with Gasteiger partial charge >= 0.3 is 6.03 Å². The molecule has 1 aliphatic rings. The van der Waals surface area contributed by atoms with Crippen LogP contribution in [0.4, 0.5) is 10.5 Å². The van der Waals surface area contributed by atoms with Gasteiger partial charge in [-0.2, -0.15) is 0 Å². The summed E-state index contributed by atoms with van der Waals surface area (Å²) in [7, 11) is 0. The van der Waals surface area contributed by atoms with E-state index in [0.717, 1.165) is 0 Å². The summed E-state index contributed by atoms with van der Waals surface area (Å²) in [5.74, 6) is -2.29. The van der Waals surface area contributed by atoms with Crippen molar-refractivity contribution in [3.8, 4) is 0 Å². The number of imide groups is 1. The molecule has 22 heavy (non-hydrogen) atoms. The fourth-order valence-electron chi connectivity index (χ4n) is 2.25. The minimum atomic E-state index is -0.682. The summed E-state index contributed by atoms with van der Waals surface area (Å²) >= 11 is 0. The molecule has 2 unspecified atom stereocenters. The van der Waals surface area contributed by atoms with Crippen LogP contribution < -0.4 is 21.7 Å². The first-order valence-corrected chi connectivity index (χ1v) is 6.68. The first-order valence-electron chi connectivity index (χ1n) is 6.68. The van der Waals surface area contributed by atoms with Gasteiger partial charge in [0.05, 0.1) is 17.2 Å². The molecule has 2 rings (SSSR count). The molecule has 8 heteroatoms. The van der Waals surface area contributed by atoms with E-state index in [1.54, 1.807) is 25.1 Å². The molecule has 1 aromatic carbocycles. The van der Waals surface area contributed by atoms with Gasteiger partial charge in [-0.3, -0.25) is 19.7 Å². The van der Waals surface area contributed by atoms with Crippen LogP contribution in [0.5, 0.6) is 0 Å². The van der Waals surface area contributed by atoms with Crippen LogP contribution in [0.2, 0.25) is 0 Å². The van der Waals surface area contributed by atoms with Crippen LogP contribution in [-0.4, -0.2) is 29.8 Å². The molecule has 1 aliphatic heterocycles. The van der Waals surface area contributed by atoms with E-state index < -0.39 is 35.7 Å². The van der Waals surface area contributed by atoms with Gasteiger partial charge in [-0.05, 0) is 19.1 Å². The topological polar surface area (TPSA) is 130 Å². The number of carbonyl (C=O) groups is 4. The minimum absolute atomic E-state index is 0.125. The molecular weight excluding hydrogens is 288 g/mol. The third-order valence-corrected chi connectivity index (χ3v) is 3.41. The minimum Gasteiger partial charge on any atom is -0.366 e. The van der Waals surface area contributed by atoms with E-state index >= 15 is 0 Å². The molecule has 1 fully saturated rings. The second-order valence-corrected chi connectivity index (χ2v) is 5.02. The number of para-hydroxylation sites is 1. The lowest BCUT2D eigenvalue weighted by molar-refractivity contribution is -0.129. The SMILES string of the molecule is CC1NC(=O)NC(=O)C1CC(=O)Nc1ccccc1C(N)=O. The van der Waals surface area contributed by atoms with Crippen LogP contribution >= 0.6 is 0 Å². The first-order chi connectivity index (χ1) is 10.4. The van der Waals surface area contributed by atoms with Gasteiger partial charge in [0, 0.05) is 12.5 Å². The van der Waals surface area contributed by atoms with Gasteiger partial charge in [-0.25, -0.2) is 4.79 Å². The highest BCUT2D eigenvalue weighted by Gasteiger charge is 2.34. The summed E-state index contributed by atoms with van der Waals surface area (Å²) in [6.45, 7) is 1.64. The van der Waals surface area contributed by atoms with Crippen LogP contribution in [-0.2, 0) is 9.59 Å². The Morgan fingerprint density at radius 3 is 2.59 bits per heavy atom. The molecule has 0 radical (unpaired) electrons. The van der Waals surface area contributed by atoms with E-state index in [-0.39, 0.29) is 17.7 Å². The third-order valence-electron chi connectivity index (χ3n) is 3.41. The Labute approximate surface area is 126 Å². The Morgan fingerprint density at radius 2 is 1.95 bits per heavy atom. The van der Waals surface area contributed by atoms with Crippen molar-refractivity contribution in [3.63, 3.8) is 0 Å². The van der Waals surface area contributed by atoms with Crippen LogP contribution in [0.15, 0.2) is 24.3 Å². The average molecular weight is 304 g/mol. The maximum Gasteiger partial charge on any atom is 0.321 e. The zero-order valence-corrected chi connectivity index (χ0v) is 11.9. The first kappa shape index (κ1) is 15.5. The second kappa shape index (κ2) is 6.25. The molecule has 8 nitrogen and oxygen atoms in total. The van der Waals surface area contributed by atoms with E-state index in [1.165, 1.54) is 6.07 Å². The zero-order valence-electron chi connectivity index (χ0n) is 11.9. The number of primary amides is 1. The van der Waals surface area contributed by atoms with Gasteiger partial charge in [0.2, 0.25) is 11.8 Å². The Morgan fingerprint density at radius 1 is 1.27 bits per heavy atom. The molecule has 0 aliphatic carbocycles. The quantitative estimate of drug-likeness (QED) is 0.621. The van der Waals surface area contributed by atoms with Gasteiger partial charge in [0.1, 0.15) is 0 Å². The molecule has 5 amide bonds. The molecule has 0 aromatic heterocycles. The zero-order chi connectivity index (χ0) is 16.3. The molecule has 0 spiro atoms.